The van der Waals surface area contributed by atoms with Gasteiger partial charge in [-0.15, -0.1) is 0 Å². The van der Waals surface area contributed by atoms with Gasteiger partial charge in [-0.25, -0.2) is 4.73 Å². The Kier molecular flexibility index (Phi) is 2.38. The van der Waals surface area contributed by atoms with Gasteiger partial charge in [-0.3, -0.25) is 0 Å². The van der Waals surface area contributed by atoms with Crippen molar-refractivity contribution in [3.05, 3.63) is 27.4 Å². The predicted octanol–water partition coefficient (Wildman–Crippen LogP) is 2.15. The van der Waals surface area contributed by atoms with E-state index in [2.05, 4.69) is 4.98 Å². The number of nitrogens with zero attached hydrogens (tertiary/aromatic N) is 2. The fourth-order valence-corrected chi connectivity index (χ4v) is 2.26. The fourth-order valence-electron chi connectivity index (χ4n) is 1.98. The molecule has 2 rings (SSSR count). The summed E-state index contributed by atoms with van der Waals surface area (Å²) in [4.78, 5) is 4.23. The van der Waals surface area contributed by atoms with Crippen LogP contribution >= 0.6 is 11.6 Å². The summed E-state index contributed by atoms with van der Waals surface area (Å²) < 4.78 is 0.980. The molecule has 1 heterocycles. The van der Waals surface area contributed by atoms with E-state index in [1.807, 2.05) is 20.8 Å². The van der Waals surface area contributed by atoms with Crippen LogP contribution in [0, 0.1) is 5.21 Å². The Labute approximate surface area is 94.7 Å². The van der Waals surface area contributed by atoms with E-state index in [1.54, 1.807) is 0 Å². The Morgan fingerprint density at radius 1 is 1.33 bits per heavy atom. The summed E-state index contributed by atoms with van der Waals surface area (Å²) >= 11 is 6.09. The monoisotopic (exact) mass is 226 g/mol. The molecule has 0 aliphatic heterocycles. The topological polar surface area (TPSA) is 39.8 Å². The maximum atomic E-state index is 12.1. The molecule has 0 radical (unpaired) electrons. The van der Waals surface area contributed by atoms with Crippen LogP contribution in [0.4, 0.5) is 0 Å². The van der Waals surface area contributed by atoms with Gasteiger partial charge in [0.25, 0.3) is 0 Å². The number of fused-ring (bicyclic) bond motifs is 1. The van der Waals surface area contributed by atoms with E-state index in [-0.39, 0.29) is 5.41 Å². The molecule has 0 unspecified atom stereocenters. The Morgan fingerprint density at radius 3 is 2.60 bits per heavy atom. The highest BCUT2D eigenvalue weighted by Gasteiger charge is 2.32. The van der Waals surface area contributed by atoms with Crippen molar-refractivity contribution < 1.29 is 4.73 Å². The number of rotatable bonds is 0. The normalized spacial score (nSPS) is 15.5. The van der Waals surface area contributed by atoms with Crippen molar-refractivity contribution in [3.8, 4) is 0 Å². The van der Waals surface area contributed by atoms with Crippen LogP contribution in [-0.2, 0) is 18.3 Å². The van der Waals surface area contributed by atoms with Gasteiger partial charge >= 0.3 is 5.82 Å². The summed E-state index contributed by atoms with van der Waals surface area (Å²) in [6.07, 6.45) is 2.71. The van der Waals surface area contributed by atoms with E-state index in [4.69, 9.17) is 11.6 Å². The van der Waals surface area contributed by atoms with Crippen molar-refractivity contribution in [2.24, 2.45) is 0 Å². The summed E-state index contributed by atoms with van der Waals surface area (Å²) in [6, 6.07) is 0. The Bertz CT molecular complexity index is 410. The van der Waals surface area contributed by atoms with Gasteiger partial charge in [0.2, 0.25) is 5.15 Å². The number of aromatic nitrogens is 2. The molecule has 1 aromatic rings. The van der Waals surface area contributed by atoms with E-state index in [1.165, 1.54) is 0 Å². The van der Waals surface area contributed by atoms with E-state index in [0.29, 0.717) is 11.0 Å². The molecule has 82 valence electrons. The Hall–Kier alpha value is -0.830. The highest BCUT2D eigenvalue weighted by atomic mass is 35.5. The zero-order valence-corrected chi connectivity index (χ0v) is 10.1. The Morgan fingerprint density at radius 2 is 2.00 bits per heavy atom. The molecule has 0 aromatic carbocycles. The largest absolute Gasteiger partial charge is 0.711 e. The molecule has 0 atom stereocenters. The minimum atomic E-state index is -0.261. The van der Waals surface area contributed by atoms with Crippen LogP contribution in [0.15, 0.2) is 0 Å². The first-order valence-electron chi connectivity index (χ1n) is 5.22. The lowest BCUT2D eigenvalue weighted by molar-refractivity contribution is -0.629. The third-order valence-corrected chi connectivity index (χ3v) is 3.06. The highest BCUT2D eigenvalue weighted by molar-refractivity contribution is 6.30. The fraction of sp³-hybridized carbons (Fsp3) is 0.636. The Balaban J connectivity index is 2.65. The number of halogens is 1. The third-order valence-electron chi connectivity index (χ3n) is 2.75. The molecule has 0 saturated carbocycles. The van der Waals surface area contributed by atoms with Gasteiger partial charge in [0.1, 0.15) is 5.69 Å². The standard InChI is InChI=1S/C11H15ClN2O/c1-11(2,3)10-13-9(12)7-5-4-6-8(7)14(10)15/h4-6H2,1-3H3. The first-order chi connectivity index (χ1) is 6.91. The number of hydrogen-bond donors (Lipinski definition) is 0. The van der Waals surface area contributed by atoms with Crippen molar-refractivity contribution in [2.45, 2.75) is 45.4 Å². The minimum Gasteiger partial charge on any atom is -0.711 e. The van der Waals surface area contributed by atoms with E-state index in [9.17, 15) is 5.21 Å². The van der Waals surface area contributed by atoms with Crippen LogP contribution in [-0.4, -0.2) is 4.98 Å². The van der Waals surface area contributed by atoms with Crippen LogP contribution in [0.2, 0.25) is 5.15 Å². The van der Waals surface area contributed by atoms with Gasteiger partial charge < -0.3 is 5.21 Å². The molecule has 1 aliphatic rings. The lowest BCUT2D eigenvalue weighted by Gasteiger charge is -2.19. The highest BCUT2D eigenvalue weighted by Crippen LogP contribution is 2.27. The number of hydrogen-bond acceptors (Lipinski definition) is 2. The molecule has 0 bridgehead atoms. The smallest absolute Gasteiger partial charge is 0.308 e. The molecule has 0 amide bonds. The summed E-state index contributed by atoms with van der Waals surface area (Å²) in [6.45, 7) is 5.92. The lowest BCUT2D eigenvalue weighted by atomic mass is 9.95. The van der Waals surface area contributed by atoms with Gasteiger partial charge in [-0.2, -0.15) is 0 Å². The maximum Gasteiger partial charge on any atom is 0.308 e. The van der Waals surface area contributed by atoms with Gasteiger partial charge in [0.15, 0.2) is 0 Å². The SMILES string of the molecule is CC(C)(C)c1nc(Cl)c2c([n+]1[O-])CCC2. The predicted molar refractivity (Wildman–Crippen MR) is 58.9 cm³/mol. The molecule has 15 heavy (non-hydrogen) atoms. The first kappa shape index (κ1) is 10.7. The van der Waals surface area contributed by atoms with Crippen LogP contribution in [0.25, 0.3) is 0 Å². The molecule has 0 saturated heterocycles. The lowest BCUT2D eigenvalue weighted by Crippen LogP contribution is -2.43. The summed E-state index contributed by atoms with van der Waals surface area (Å²) in [5.74, 6) is 0.521. The molecule has 0 fully saturated rings. The molecular formula is C11H15ClN2O. The third kappa shape index (κ3) is 1.69. The molecule has 4 heteroatoms. The second kappa shape index (κ2) is 3.34. The van der Waals surface area contributed by atoms with Crippen molar-refractivity contribution in [2.75, 3.05) is 0 Å². The van der Waals surface area contributed by atoms with Gasteiger partial charge in [0.05, 0.1) is 11.0 Å². The van der Waals surface area contributed by atoms with Gasteiger partial charge in [-0.1, -0.05) is 0 Å². The zero-order chi connectivity index (χ0) is 11.2. The average Bonchev–Trinajstić information content (AvgIpc) is 2.58. The van der Waals surface area contributed by atoms with Crippen molar-refractivity contribution in [1.82, 2.24) is 4.98 Å². The van der Waals surface area contributed by atoms with Crippen molar-refractivity contribution in [3.63, 3.8) is 0 Å². The second-order valence-electron chi connectivity index (χ2n) is 5.05. The second-order valence-corrected chi connectivity index (χ2v) is 5.41. The van der Waals surface area contributed by atoms with Gasteiger partial charge in [0, 0.05) is 6.42 Å². The molecule has 3 nitrogen and oxygen atoms in total. The molecule has 1 aromatic heterocycles. The minimum absolute atomic E-state index is 0.261. The van der Waals surface area contributed by atoms with Crippen LogP contribution in [0.5, 0.6) is 0 Å². The van der Waals surface area contributed by atoms with Crippen LogP contribution in [0.1, 0.15) is 44.3 Å². The van der Waals surface area contributed by atoms with E-state index >= 15 is 0 Å². The summed E-state index contributed by atoms with van der Waals surface area (Å²) in [5, 5.41) is 12.6. The average molecular weight is 227 g/mol. The molecule has 0 N–H and O–H groups in total. The van der Waals surface area contributed by atoms with Crippen molar-refractivity contribution >= 4 is 11.6 Å². The maximum absolute atomic E-state index is 12.1. The van der Waals surface area contributed by atoms with E-state index < -0.39 is 0 Å². The molecule has 1 aliphatic carbocycles. The molecular weight excluding hydrogens is 212 g/mol. The van der Waals surface area contributed by atoms with E-state index in [0.717, 1.165) is 35.3 Å². The zero-order valence-electron chi connectivity index (χ0n) is 9.30. The van der Waals surface area contributed by atoms with Crippen LogP contribution < -0.4 is 4.73 Å². The molecule has 0 spiro atoms. The quantitative estimate of drug-likeness (QED) is 0.386. The van der Waals surface area contributed by atoms with Crippen molar-refractivity contribution in [1.29, 1.82) is 0 Å². The first-order valence-corrected chi connectivity index (χ1v) is 5.60. The van der Waals surface area contributed by atoms with Crippen LogP contribution in [0.3, 0.4) is 0 Å². The summed E-state index contributed by atoms with van der Waals surface area (Å²) in [5.41, 5.74) is 1.50. The summed E-state index contributed by atoms with van der Waals surface area (Å²) in [7, 11) is 0. The van der Waals surface area contributed by atoms with Gasteiger partial charge in [-0.05, 0) is 50.2 Å².